The van der Waals surface area contributed by atoms with Gasteiger partial charge < -0.3 is 4.90 Å². The Morgan fingerprint density at radius 2 is 2.24 bits per heavy atom. The Morgan fingerprint density at radius 1 is 1.47 bits per heavy atom. The van der Waals surface area contributed by atoms with Crippen molar-refractivity contribution in [2.75, 3.05) is 19.3 Å². The first-order valence-electron chi connectivity index (χ1n) is 5.37. The van der Waals surface area contributed by atoms with Gasteiger partial charge in [0.15, 0.2) is 9.84 Å². The first-order chi connectivity index (χ1) is 7.98. The molecule has 0 unspecified atom stereocenters. The standard InChI is InChI=1S/C11H14N2O3S/c1-17(15,16)9-5-7-13(8-9)11(14)10-4-2-3-6-12-10/h2-4,6,9H,5,7-8H2,1H3/t9-/m0/s1. The van der Waals surface area contributed by atoms with E-state index in [1.165, 1.54) is 6.26 Å². The number of nitrogens with zero attached hydrogens (tertiary/aromatic N) is 2. The van der Waals surface area contributed by atoms with Crippen LogP contribution >= 0.6 is 0 Å². The third kappa shape index (κ3) is 2.63. The van der Waals surface area contributed by atoms with Gasteiger partial charge in [0.05, 0.1) is 5.25 Å². The van der Waals surface area contributed by atoms with Gasteiger partial charge in [0.1, 0.15) is 5.69 Å². The molecular weight excluding hydrogens is 240 g/mol. The van der Waals surface area contributed by atoms with E-state index in [1.54, 1.807) is 29.3 Å². The number of amides is 1. The van der Waals surface area contributed by atoms with Gasteiger partial charge in [-0.3, -0.25) is 9.78 Å². The monoisotopic (exact) mass is 254 g/mol. The molecule has 1 fully saturated rings. The van der Waals surface area contributed by atoms with Crippen molar-refractivity contribution in [1.82, 2.24) is 9.88 Å². The molecule has 1 amide bonds. The fourth-order valence-electron chi connectivity index (χ4n) is 1.91. The molecule has 1 aromatic rings. The minimum absolute atomic E-state index is 0.197. The molecule has 0 aliphatic carbocycles. The Hall–Kier alpha value is -1.43. The fourth-order valence-corrected chi connectivity index (χ4v) is 2.90. The maximum Gasteiger partial charge on any atom is 0.272 e. The van der Waals surface area contributed by atoms with Gasteiger partial charge >= 0.3 is 0 Å². The molecule has 1 aliphatic heterocycles. The van der Waals surface area contributed by atoms with Gasteiger partial charge in [0.2, 0.25) is 0 Å². The van der Waals surface area contributed by atoms with E-state index in [-0.39, 0.29) is 12.5 Å². The molecule has 1 aliphatic rings. The summed E-state index contributed by atoms with van der Waals surface area (Å²) < 4.78 is 22.8. The zero-order chi connectivity index (χ0) is 12.5. The van der Waals surface area contributed by atoms with Crippen LogP contribution in [-0.2, 0) is 9.84 Å². The van der Waals surface area contributed by atoms with Crippen LogP contribution in [0.2, 0.25) is 0 Å². The van der Waals surface area contributed by atoms with Crippen LogP contribution in [0.1, 0.15) is 16.9 Å². The molecular formula is C11H14N2O3S. The van der Waals surface area contributed by atoms with Gasteiger partial charge in [-0.1, -0.05) is 6.07 Å². The van der Waals surface area contributed by atoms with Crippen LogP contribution in [0, 0.1) is 0 Å². The van der Waals surface area contributed by atoms with Gasteiger partial charge in [0, 0.05) is 25.5 Å². The smallest absolute Gasteiger partial charge is 0.272 e. The average molecular weight is 254 g/mol. The molecule has 1 saturated heterocycles. The molecule has 17 heavy (non-hydrogen) atoms. The van der Waals surface area contributed by atoms with E-state index < -0.39 is 15.1 Å². The maximum absolute atomic E-state index is 12.0. The second-order valence-corrected chi connectivity index (χ2v) is 6.53. The van der Waals surface area contributed by atoms with Gasteiger partial charge in [-0.05, 0) is 18.6 Å². The Morgan fingerprint density at radius 3 is 2.76 bits per heavy atom. The van der Waals surface area contributed by atoms with Crippen LogP contribution < -0.4 is 0 Å². The van der Waals surface area contributed by atoms with Gasteiger partial charge in [0.25, 0.3) is 5.91 Å². The highest BCUT2D eigenvalue weighted by molar-refractivity contribution is 7.91. The predicted octanol–water partition coefficient (Wildman–Crippen LogP) is 0.341. The number of pyridine rings is 1. The number of rotatable bonds is 2. The molecule has 1 aromatic heterocycles. The van der Waals surface area contributed by atoms with E-state index in [1.807, 2.05) is 0 Å². The summed E-state index contributed by atoms with van der Waals surface area (Å²) in [7, 11) is -3.07. The number of sulfone groups is 1. The van der Waals surface area contributed by atoms with E-state index in [4.69, 9.17) is 0 Å². The summed E-state index contributed by atoms with van der Waals surface area (Å²) in [6.45, 7) is 0.751. The number of carbonyl (C=O) groups excluding carboxylic acids is 1. The third-order valence-corrected chi connectivity index (χ3v) is 4.52. The van der Waals surface area contributed by atoms with Crippen molar-refractivity contribution >= 4 is 15.7 Å². The summed E-state index contributed by atoms with van der Waals surface area (Å²) >= 11 is 0. The summed E-state index contributed by atoms with van der Waals surface area (Å²) in [5.41, 5.74) is 0.363. The minimum Gasteiger partial charge on any atom is -0.336 e. The lowest BCUT2D eigenvalue weighted by Gasteiger charge is -2.15. The Labute approximate surface area is 100 Å². The van der Waals surface area contributed by atoms with Crippen molar-refractivity contribution in [2.24, 2.45) is 0 Å². The molecule has 0 radical (unpaired) electrons. The molecule has 2 rings (SSSR count). The highest BCUT2D eigenvalue weighted by atomic mass is 32.2. The lowest BCUT2D eigenvalue weighted by atomic mass is 10.3. The number of hydrogen-bond donors (Lipinski definition) is 0. The molecule has 1 atom stereocenters. The molecule has 0 saturated carbocycles. The van der Waals surface area contributed by atoms with E-state index in [2.05, 4.69) is 4.98 Å². The lowest BCUT2D eigenvalue weighted by molar-refractivity contribution is 0.0787. The molecule has 0 spiro atoms. The van der Waals surface area contributed by atoms with Crippen LogP contribution in [0.25, 0.3) is 0 Å². The molecule has 0 aromatic carbocycles. The van der Waals surface area contributed by atoms with E-state index >= 15 is 0 Å². The van der Waals surface area contributed by atoms with Crippen molar-refractivity contribution < 1.29 is 13.2 Å². The average Bonchev–Trinajstić information content (AvgIpc) is 2.78. The predicted molar refractivity (Wildman–Crippen MR) is 63.4 cm³/mol. The summed E-state index contributed by atoms with van der Waals surface area (Å²) in [5, 5.41) is -0.435. The minimum atomic E-state index is -3.07. The van der Waals surface area contributed by atoms with Crippen molar-refractivity contribution in [2.45, 2.75) is 11.7 Å². The molecule has 6 heteroatoms. The second-order valence-electron chi connectivity index (χ2n) is 4.21. The van der Waals surface area contributed by atoms with Crippen LogP contribution in [0.3, 0.4) is 0 Å². The zero-order valence-corrected chi connectivity index (χ0v) is 10.4. The lowest BCUT2D eigenvalue weighted by Crippen LogP contribution is -2.32. The quantitative estimate of drug-likeness (QED) is 0.763. The number of hydrogen-bond acceptors (Lipinski definition) is 4. The molecule has 5 nitrogen and oxygen atoms in total. The summed E-state index contributed by atoms with van der Waals surface area (Å²) in [6.07, 6.45) is 3.28. The largest absolute Gasteiger partial charge is 0.336 e. The number of aromatic nitrogens is 1. The van der Waals surface area contributed by atoms with Crippen LogP contribution in [0.15, 0.2) is 24.4 Å². The topological polar surface area (TPSA) is 67.3 Å². The van der Waals surface area contributed by atoms with Crippen molar-refractivity contribution in [3.05, 3.63) is 30.1 Å². The van der Waals surface area contributed by atoms with Gasteiger partial charge in [-0.25, -0.2) is 8.42 Å². The Balaban J connectivity index is 2.10. The van der Waals surface area contributed by atoms with E-state index in [0.717, 1.165) is 0 Å². The Bertz CT molecular complexity index is 513. The summed E-state index contributed by atoms with van der Waals surface area (Å²) in [4.78, 5) is 17.5. The highest BCUT2D eigenvalue weighted by Crippen LogP contribution is 2.17. The van der Waals surface area contributed by atoms with Gasteiger partial charge in [-0.2, -0.15) is 0 Å². The van der Waals surface area contributed by atoms with E-state index in [0.29, 0.717) is 18.7 Å². The SMILES string of the molecule is CS(=O)(=O)[C@H]1CCN(C(=O)c2ccccn2)C1. The van der Waals surface area contributed by atoms with Crippen molar-refractivity contribution in [1.29, 1.82) is 0 Å². The molecule has 0 N–H and O–H groups in total. The fraction of sp³-hybridized carbons (Fsp3) is 0.455. The Kier molecular flexibility index (Phi) is 3.15. The van der Waals surface area contributed by atoms with E-state index in [9.17, 15) is 13.2 Å². The third-order valence-electron chi connectivity index (χ3n) is 2.92. The van der Waals surface area contributed by atoms with Crippen LogP contribution in [0.5, 0.6) is 0 Å². The number of carbonyl (C=O) groups is 1. The van der Waals surface area contributed by atoms with Crippen molar-refractivity contribution in [3.63, 3.8) is 0 Å². The van der Waals surface area contributed by atoms with Gasteiger partial charge in [-0.15, -0.1) is 0 Å². The maximum atomic E-state index is 12.0. The second kappa shape index (κ2) is 4.44. The summed E-state index contributed by atoms with van der Waals surface area (Å²) in [6, 6.07) is 5.11. The van der Waals surface area contributed by atoms with Crippen molar-refractivity contribution in [3.8, 4) is 0 Å². The molecule has 92 valence electrons. The van der Waals surface area contributed by atoms with Crippen LogP contribution in [0.4, 0.5) is 0 Å². The first kappa shape index (κ1) is 12.0. The summed E-state index contributed by atoms with van der Waals surface area (Å²) in [5.74, 6) is -0.197. The number of likely N-dealkylation sites (tertiary alicyclic amines) is 1. The zero-order valence-electron chi connectivity index (χ0n) is 9.54. The highest BCUT2D eigenvalue weighted by Gasteiger charge is 2.33. The van der Waals surface area contributed by atoms with Crippen LogP contribution in [-0.4, -0.2) is 48.8 Å². The molecule has 2 heterocycles. The first-order valence-corrected chi connectivity index (χ1v) is 7.33. The molecule has 0 bridgehead atoms. The normalized spacial score (nSPS) is 20.5.